The summed E-state index contributed by atoms with van der Waals surface area (Å²) in [6.07, 6.45) is 0.261. The molecule has 98 valence electrons. The molecule has 0 saturated carbocycles. The first-order valence-corrected chi connectivity index (χ1v) is 7.03. The summed E-state index contributed by atoms with van der Waals surface area (Å²) < 4.78 is 0. The van der Waals surface area contributed by atoms with E-state index in [0.717, 1.165) is 27.9 Å². The van der Waals surface area contributed by atoms with Crippen molar-refractivity contribution in [1.82, 2.24) is 9.97 Å². The molecule has 2 heterocycles. The topological polar surface area (TPSA) is 68.9 Å². The average Bonchev–Trinajstić information content (AvgIpc) is 3.01. The van der Waals surface area contributed by atoms with E-state index in [1.165, 1.54) is 5.56 Å². The van der Waals surface area contributed by atoms with Crippen molar-refractivity contribution in [2.24, 2.45) is 0 Å². The van der Waals surface area contributed by atoms with Crippen LogP contribution in [0.4, 0.5) is 0 Å². The van der Waals surface area contributed by atoms with Gasteiger partial charge in [-0.2, -0.15) is 0 Å². The SMILES string of the molecule is CCc1ccsc1C(O)c1ccc2[nH]c(=O)[nH]c2c1. The Labute approximate surface area is 113 Å². The van der Waals surface area contributed by atoms with Gasteiger partial charge in [0.1, 0.15) is 6.10 Å². The number of aliphatic hydroxyl groups is 1. The molecule has 2 aromatic heterocycles. The van der Waals surface area contributed by atoms with Gasteiger partial charge in [-0.3, -0.25) is 0 Å². The number of hydrogen-bond donors (Lipinski definition) is 3. The Balaban J connectivity index is 2.05. The zero-order valence-corrected chi connectivity index (χ0v) is 11.3. The molecule has 0 aliphatic carbocycles. The van der Waals surface area contributed by atoms with Crippen molar-refractivity contribution in [2.75, 3.05) is 0 Å². The van der Waals surface area contributed by atoms with E-state index in [0.29, 0.717) is 0 Å². The Morgan fingerprint density at radius 2 is 2.05 bits per heavy atom. The van der Waals surface area contributed by atoms with E-state index in [-0.39, 0.29) is 5.69 Å². The van der Waals surface area contributed by atoms with E-state index in [1.54, 1.807) is 11.3 Å². The first-order chi connectivity index (χ1) is 9.19. The van der Waals surface area contributed by atoms with Crippen molar-refractivity contribution >= 4 is 22.4 Å². The summed E-state index contributed by atoms with van der Waals surface area (Å²) in [7, 11) is 0. The molecule has 3 rings (SSSR count). The molecule has 0 saturated heterocycles. The lowest BCUT2D eigenvalue weighted by molar-refractivity contribution is 0.223. The molecule has 3 N–H and O–H groups in total. The summed E-state index contributed by atoms with van der Waals surface area (Å²) in [5.74, 6) is 0. The van der Waals surface area contributed by atoms with E-state index in [4.69, 9.17) is 0 Å². The van der Waals surface area contributed by atoms with Crippen molar-refractivity contribution in [2.45, 2.75) is 19.4 Å². The summed E-state index contributed by atoms with van der Waals surface area (Å²) in [5.41, 5.74) is 3.20. The average molecular weight is 274 g/mol. The molecule has 1 unspecified atom stereocenters. The van der Waals surface area contributed by atoms with Gasteiger partial charge in [0.15, 0.2) is 0 Å². The fourth-order valence-corrected chi connectivity index (χ4v) is 3.26. The largest absolute Gasteiger partial charge is 0.383 e. The third kappa shape index (κ3) is 2.11. The molecule has 5 heteroatoms. The lowest BCUT2D eigenvalue weighted by Crippen LogP contribution is -2.00. The van der Waals surface area contributed by atoms with Crippen LogP contribution in [0.15, 0.2) is 34.4 Å². The highest BCUT2D eigenvalue weighted by Crippen LogP contribution is 2.30. The molecule has 3 aromatic rings. The van der Waals surface area contributed by atoms with Gasteiger partial charge in [0.25, 0.3) is 0 Å². The van der Waals surface area contributed by atoms with Crippen LogP contribution in [0.5, 0.6) is 0 Å². The number of aryl methyl sites for hydroxylation is 1. The van der Waals surface area contributed by atoms with E-state index in [1.807, 2.05) is 29.6 Å². The molecular weight excluding hydrogens is 260 g/mol. The van der Waals surface area contributed by atoms with Gasteiger partial charge in [0.2, 0.25) is 0 Å². The zero-order valence-electron chi connectivity index (χ0n) is 10.4. The number of aromatic amines is 2. The first-order valence-electron chi connectivity index (χ1n) is 6.15. The van der Waals surface area contributed by atoms with Crippen molar-refractivity contribution in [1.29, 1.82) is 0 Å². The molecule has 0 amide bonds. The molecule has 19 heavy (non-hydrogen) atoms. The highest BCUT2D eigenvalue weighted by Gasteiger charge is 2.16. The fraction of sp³-hybridized carbons (Fsp3) is 0.214. The van der Waals surface area contributed by atoms with Gasteiger partial charge < -0.3 is 15.1 Å². The quantitative estimate of drug-likeness (QED) is 0.687. The van der Waals surface area contributed by atoms with E-state index in [9.17, 15) is 9.90 Å². The molecule has 0 spiro atoms. The second-order valence-corrected chi connectivity index (χ2v) is 5.40. The number of rotatable bonds is 3. The molecule has 0 aliphatic rings. The predicted molar refractivity (Wildman–Crippen MR) is 76.7 cm³/mol. The van der Waals surface area contributed by atoms with Crippen LogP contribution in [0.25, 0.3) is 11.0 Å². The predicted octanol–water partition coefficient (Wildman–Crippen LogP) is 2.56. The Hall–Kier alpha value is -1.85. The Morgan fingerprint density at radius 1 is 1.26 bits per heavy atom. The standard InChI is InChI=1S/C14H14N2O2S/c1-2-8-5-6-19-13(8)12(17)9-3-4-10-11(7-9)16-14(18)15-10/h3-7,12,17H,2H2,1H3,(H2,15,16,18). The maximum absolute atomic E-state index is 11.2. The minimum absolute atomic E-state index is 0.230. The number of imidazole rings is 1. The maximum Gasteiger partial charge on any atom is 0.323 e. The summed E-state index contributed by atoms with van der Waals surface area (Å²) >= 11 is 1.56. The van der Waals surface area contributed by atoms with Gasteiger partial charge in [0, 0.05) is 4.88 Å². The van der Waals surface area contributed by atoms with Gasteiger partial charge in [-0.15, -0.1) is 11.3 Å². The number of thiophene rings is 1. The van der Waals surface area contributed by atoms with Gasteiger partial charge in [0.05, 0.1) is 11.0 Å². The van der Waals surface area contributed by atoms with Crippen molar-refractivity contribution < 1.29 is 5.11 Å². The molecule has 0 aliphatic heterocycles. The highest BCUT2D eigenvalue weighted by molar-refractivity contribution is 7.10. The number of nitrogens with one attached hydrogen (secondary N) is 2. The van der Waals surface area contributed by atoms with Crippen LogP contribution in [0.1, 0.15) is 29.0 Å². The van der Waals surface area contributed by atoms with Gasteiger partial charge in [-0.1, -0.05) is 13.0 Å². The minimum atomic E-state index is -0.641. The van der Waals surface area contributed by atoms with Gasteiger partial charge in [-0.25, -0.2) is 4.79 Å². The van der Waals surface area contributed by atoms with Crippen molar-refractivity contribution in [3.05, 3.63) is 56.1 Å². The normalized spacial score (nSPS) is 12.9. The maximum atomic E-state index is 11.2. The Bertz CT molecular complexity index is 769. The summed E-state index contributed by atoms with van der Waals surface area (Å²) in [4.78, 5) is 17.6. The van der Waals surface area contributed by atoms with Crippen molar-refractivity contribution in [3.63, 3.8) is 0 Å². The monoisotopic (exact) mass is 274 g/mol. The van der Waals surface area contributed by atoms with Crippen LogP contribution in [0.3, 0.4) is 0 Å². The van der Waals surface area contributed by atoms with Gasteiger partial charge >= 0.3 is 5.69 Å². The lowest BCUT2D eigenvalue weighted by atomic mass is 10.0. The van der Waals surface area contributed by atoms with Crippen LogP contribution < -0.4 is 5.69 Å². The highest BCUT2D eigenvalue weighted by atomic mass is 32.1. The number of aromatic nitrogens is 2. The fourth-order valence-electron chi connectivity index (χ4n) is 2.25. The zero-order chi connectivity index (χ0) is 13.4. The van der Waals surface area contributed by atoms with E-state index >= 15 is 0 Å². The molecule has 0 fully saturated rings. The van der Waals surface area contributed by atoms with Crippen LogP contribution in [0, 0.1) is 0 Å². The molecular formula is C14H14N2O2S. The third-order valence-electron chi connectivity index (χ3n) is 3.27. The second kappa shape index (κ2) is 4.68. The minimum Gasteiger partial charge on any atom is -0.383 e. The van der Waals surface area contributed by atoms with Crippen LogP contribution in [-0.2, 0) is 6.42 Å². The second-order valence-electron chi connectivity index (χ2n) is 4.45. The summed E-state index contributed by atoms with van der Waals surface area (Å²) in [5, 5.41) is 12.5. The smallest absolute Gasteiger partial charge is 0.323 e. The van der Waals surface area contributed by atoms with Crippen LogP contribution in [0.2, 0.25) is 0 Å². The number of aliphatic hydroxyl groups excluding tert-OH is 1. The number of benzene rings is 1. The first kappa shape index (κ1) is 12.2. The third-order valence-corrected chi connectivity index (χ3v) is 4.28. The summed E-state index contributed by atoms with van der Waals surface area (Å²) in [6.45, 7) is 2.07. The van der Waals surface area contributed by atoms with Crippen molar-refractivity contribution in [3.8, 4) is 0 Å². The molecule has 0 radical (unpaired) electrons. The molecule has 4 nitrogen and oxygen atoms in total. The van der Waals surface area contributed by atoms with E-state index < -0.39 is 6.10 Å². The number of H-pyrrole nitrogens is 2. The Morgan fingerprint density at radius 3 is 2.84 bits per heavy atom. The van der Waals surface area contributed by atoms with E-state index in [2.05, 4.69) is 16.9 Å². The number of fused-ring (bicyclic) bond motifs is 1. The van der Waals surface area contributed by atoms with Crippen LogP contribution >= 0.6 is 11.3 Å². The van der Waals surface area contributed by atoms with Crippen LogP contribution in [-0.4, -0.2) is 15.1 Å². The lowest BCUT2D eigenvalue weighted by Gasteiger charge is -2.11. The molecule has 0 bridgehead atoms. The summed E-state index contributed by atoms with van der Waals surface area (Å²) in [6, 6.07) is 7.51. The van der Waals surface area contributed by atoms with Gasteiger partial charge in [-0.05, 0) is 41.1 Å². The molecule has 1 aromatic carbocycles. The Kier molecular flexibility index (Phi) is 3.00. The number of hydrogen-bond acceptors (Lipinski definition) is 3. The molecule has 1 atom stereocenters.